The van der Waals surface area contributed by atoms with Gasteiger partial charge in [-0.1, -0.05) is 11.6 Å². The van der Waals surface area contributed by atoms with Crippen LogP contribution in [0.2, 0.25) is 5.15 Å². The fourth-order valence-electron chi connectivity index (χ4n) is 1.02. The zero-order chi connectivity index (χ0) is 13.5. The van der Waals surface area contributed by atoms with Crippen molar-refractivity contribution in [3.63, 3.8) is 0 Å². The molecule has 0 saturated heterocycles. The first-order chi connectivity index (χ1) is 8.50. The maximum absolute atomic E-state index is 11.5. The van der Waals surface area contributed by atoms with E-state index in [4.69, 9.17) is 22.4 Å². The minimum absolute atomic E-state index is 0.103. The van der Waals surface area contributed by atoms with Crippen molar-refractivity contribution in [1.82, 2.24) is 4.98 Å². The summed E-state index contributed by atoms with van der Waals surface area (Å²) in [4.78, 5) is 25.8. The van der Waals surface area contributed by atoms with Gasteiger partial charge in [0.15, 0.2) is 5.15 Å². The summed E-state index contributed by atoms with van der Waals surface area (Å²) in [5, 5.41) is 11.3. The van der Waals surface area contributed by atoms with Gasteiger partial charge in [-0.05, 0) is 12.1 Å². The number of hydrogen-bond acceptors (Lipinski definition) is 5. The van der Waals surface area contributed by atoms with Crippen LogP contribution < -0.4 is 11.1 Å². The molecule has 1 rings (SSSR count). The number of carbonyl (C=O) groups is 2. The van der Waals surface area contributed by atoms with Gasteiger partial charge in [0.05, 0.1) is 11.4 Å². The number of aromatic nitrogens is 1. The molecule has 0 spiro atoms. The van der Waals surface area contributed by atoms with Crippen molar-refractivity contribution in [2.24, 2.45) is 5.73 Å². The molecule has 1 atom stereocenters. The number of nitrogens with one attached hydrogen (secondary N) is 1. The molecule has 0 aliphatic rings. The maximum atomic E-state index is 11.5. The molecular weight excluding hydrogens is 278 g/mol. The van der Waals surface area contributed by atoms with E-state index in [2.05, 4.69) is 10.3 Å². The van der Waals surface area contributed by atoms with Crippen LogP contribution in [0, 0.1) is 0 Å². The zero-order valence-electron chi connectivity index (χ0n) is 9.30. The molecule has 0 aliphatic heterocycles. The minimum Gasteiger partial charge on any atom is -0.480 e. The van der Waals surface area contributed by atoms with E-state index >= 15 is 0 Å². The van der Waals surface area contributed by atoms with Crippen molar-refractivity contribution in [3.8, 4) is 0 Å². The van der Waals surface area contributed by atoms with Gasteiger partial charge in [0.2, 0.25) is 5.91 Å². The number of amides is 1. The van der Waals surface area contributed by atoms with Crippen LogP contribution in [0.3, 0.4) is 0 Å². The van der Waals surface area contributed by atoms with Gasteiger partial charge in [0, 0.05) is 11.9 Å². The highest BCUT2D eigenvalue weighted by molar-refractivity contribution is 8.00. The van der Waals surface area contributed by atoms with Crippen LogP contribution in [0.15, 0.2) is 18.3 Å². The molecule has 8 heteroatoms. The van der Waals surface area contributed by atoms with E-state index in [0.717, 1.165) is 11.8 Å². The van der Waals surface area contributed by atoms with Crippen molar-refractivity contribution < 1.29 is 14.7 Å². The fraction of sp³-hybridized carbons (Fsp3) is 0.300. The van der Waals surface area contributed by atoms with E-state index in [9.17, 15) is 9.59 Å². The van der Waals surface area contributed by atoms with Gasteiger partial charge >= 0.3 is 5.97 Å². The van der Waals surface area contributed by atoms with Gasteiger partial charge in [-0.2, -0.15) is 0 Å². The number of halogens is 1. The van der Waals surface area contributed by atoms with Crippen LogP contribution >= 0.6 is 23.4 Å². The van der Waals surface area contributed by atoms with E-state index in [0.29, 0.717) is 5.69 Å². The van der Waals surface area contributed by atoms with Gasteiger partial charge in [0.25, 0.3) is 0 Å². The summed E-state index contributed by atoms with van der Waals surface area (Å²) in [7, 11) is 0. The van der Waals surface area contributed by atoms with Crippen molar-refractivity contribution in [1.29, 1.82) is 0 Å². The number of rotatable bonds is 6. The number of anilines is 1. The predicted molar refractivity (Wildman–Crippen MR) is 70.8 cm³/mol. The Morgan fingerprint density at radius 3 is 2.94 bits per heavy atom. The molecule has 0 aliphatic carbocycles. The quantitative estimate of drug-likeness (QED) is 0.670. The predicted octanol–water partition coefficient (Wildman–Crippen LogP) is 0.819. The van der Waals surface area contributed by atoms with Crippen LogP contribution in [0.4, 0.5) is 5.69 Å². The summed E-state index contributed by atoms with van der Waals surface area (Å²) in [5.74, 6) is -1.10. The third-order valence-electron chi connectivity index (χ3n) is 1.88. The van der Waals surface area contributed by atoms with Crippen molar-refractivity contribution in [2.75, 3.05) is 16.8 Å². The van der Waals surface area contributed by atoms with Crippen molar-refractivity contribution in [3.05, 3.63) is 23.5 Å². The van der Waals surface area contributed by atoms with Crippen LogP contribution in [-0.4, -0.2) is 39.5 Å². The lowest BCUT2D eigenvalue weighted by Gasteiger charge is -2.07. The highest BCUT2D eigenvalue weighted by Gasteiger charge is 2.12. The van der Waals surface area contributed by atoms with Gasteiger partial charge in [-0.15, -0.1) is 11.8 Å². The lowest BCUT2D eigenvalue weighted by atomic mass is 10.4. The molecule has 0 radical (unpaired) electrons. The molecule has 0 bridgehead atoms. The van der Waals surface area contributed by atoms with Crippen molar-refractivity contribution in [2.45, 2.75) is 6.04 Å². The molecule has 4 N–H and O–H groups in total. The van der Waals surface area contributed by atoms with Crippen LogP contribution in [0.25, 0.3) is 0 Å². The largest absolute Gasteiger partial charge is 0.480 e. The molecule has 0 aromatic carbocycles. The van der Waals surface area contributed by atoms with Gasteiger partial charge < -0.3 is 16.2 Å². The smallest absolute Gasteiger partial charge is 0.321 e. The second-order valence-electron chi connectivity index (χ2n) is 3.35. The number of nitrogens with two attached hydrogens (primary N) is 1. The highest BCUT2D eigenvalue weighted by atomic mass is 35.5. The zero-order valence-corrected chi connectivity index (χ0v) is 10.9. The Bertz CT molecular complexity index is 444. The number of hydrogen-bond donors (Lipinski definition) is 3. The van der Waals surface area contributed by atoms with E-state index in [-0.39, 0.29) is 22.6 Å². The summed E-state index contributed by atoms with van der Waals surface area (Å²) >= 11 is 6.91. The molecule has 1 aromatic rings. The Hall–Kier alpha value is -1.31. The van der Waals surface area contributed by atoms with Gasteiger partial charge in [0.1, 0.15) is 6.04 Å². The number of carboxylic acid groups (broad SMARTS) is 1. The number of thioether (sulfide) groups is 1. The maximum Gasteiger partial charge on any atom is 0.321 e. The first kappa shape index (κ1) is 14.7. The van der Waals surface area contributed by atoms with E-state index < -0.39 is 12.0 Å². The molecule has 0 fully saturated rings. The molecular formula is C10H12ClN3O3S. The summed E-state index contributed by atoms with van der Waals surface area (Å²) in [6.45, 7) is 0. The second-order valence-corrected chi connectivity index (χ2v) is 4.74. The fourth-order valence-corrected chi connectivity index (χ4v) is 1.95. The Morgan fingerprint density at radius 2 is 2.33 bits per heavy atom. The SMILES string of the molecule is N[C@H](CSCC(=O)Nc1cccnc1Cl)C(=O)O. The van der Waals surface area contributed by atoms with Crippen molar-refractivity contribution >= 4 is 40.9 Å². The van der Waals surface area contributed by atoms with Gasteiger partial charge in [-0.25, -0.2) is 4.98 Å². The molecule has 6 nitrogen and oxygen atoms in total. The Morgan fingerprint density at radius 1 is 1.61 bits per heavy atom. The average molecular weight is 290 g/mol. The monoisotopic (exact) mass is 289 g/mol. The number of pyridine rings is 1. The standard InChI is InChI=1S/C10H12ClN3O3S/c11-9-7(2-1-3-13-9)14-8(15)5-18-4-6(12)10(16)17/h1-3,6H,4-5,12H2,(H,14,15)(H,16,17)/t6-/m1/s1. The van der Waals surface area contributed by atoms with E-state index in [1.807, 2.05) is 0 Å². The molecule has 0 unspecified atom stereocenters. The lowest BCUT2D eigenvalue weighted by molar-refractivity contribution is -0.137. The number of aliphatic carboxylic acids is 1. The summed E-state index contributed by atoms with van der Waals surface area (Å²) in [6, 6.07) is 2.31. The van der Waals surface area contributed by atoms with Crippen LogP contribution in [-0.2, 0) is 9.59 Å². The Labute approximate surface area is 113 Å². The number of carbonyl (C=O) groups excluding carboxylic acids is 1. The molecule has 1 heterocycles. The minimum atomic E-state index is -1.08. The summed E-state index contributed by atoms with van der Waals surface area (Å²) < 4.78 is 0. The normalized spacial score (nSPS) is 11.9. The molecule has 1 amide bonds. The summed E-state index contributed by atoms with van der Waals surface area (Å²) in [5.41, 5.74) is 5.72. The van der Waals surface area contributed by atoms with Gasteiger partial charge in [-0.3, -0.25) is 9.59 Å². The first-order valence-corrected chi connectivity index (χ1v) is 6.50. The highest BCUT2D eigenvalue weighted by Crippen LogP contribution is 2.17. The summed E-state index contributed by atoms with van der Waals surface area (Å²) in [6.07, 6.45) is 1.51. The Kier molecular flexibility index (Phi) is 5.90. The van der Waals surface area contributed by atoms with E-state index in [1.165, 1.54) is 6.20 Å². The van der Waals surface area contributed by atoms with Crippen LogP contribution in [0.1, 0.15) is 0 Å². The van der Waals surface area contributed by atoms with Crippen LogP contribution in [0.5, 0.6) is 0 Å². The average Bonchev–Trinajstić information content (AvgIpc) is 2.32. The lowest BCUT2D eigenvalue weighted by Crippen LogP contribution is -2.33. The van der Waals surface area contributed by atoms with E-state index in [1.54, 1.807) is 12.1 Å². The number of carboxylic acids is 1. The Balaban J connectivity index is 2.35. The second kappa shape index (κ2) is 7.20. The molecule has 98 valence electrons. The topological polar surface area (TPSA) is 105 Å². The third kappa shape index (κ3) is 4.91. The third-order valence-corrected chi connectivity index (χ3v) is 3.24. The molecule has 18 heavy (non-hydrogen) atoms. The first-order valence-electron chi connectivity index (χ1n) is 4.97. The number of nitrogens with zero attached hydrogens (tertiary/aromatic N) is 1. The molecule has 1 aromatic heterocycles. The molecule has 0 saturated carbocycles.